The van der Waals surface area contributed by atoms with Crippen LogP contribution < -0.4 is 11.3 Å². The largest absolute Gasteiger partial charge is 0.381 e. The highest BCUT2D eigenvalue weighted by Crippen LogP contribution is 2.24. The van der Waals surface area contributed by atoms with Gasteiger partial charge in [-0.15, -0.1) is 0 Å². The number of aryl methyl sites for hydroxylation is 2. The Morgan fingerprint density at radius 2 is 1.87 bits per heavy atom. The van der Waals surface area contributed by atoms with E-state index in [0.29, 0.717) is 50.4 Å². The predicted octanol–water partition coefficient (Wildman–Crippen LogP) is 1.89. The second kappa shape index (κ2) is 9.47. The van der Waals surface area contributed by atoms with Gasteiger partial charge in [0.05, 0.1) is 0 Å². The lowest BCUT2D eigenvalue weighted by molar-refractivity contribution is -0.133. The molecule has 7 heteroatoms. The molecule has 0 spiro atoms. The molecular formula is C24H29N3O4. The second-order valence-corrected chi connectivity index (χ2v) is 8.43. The number of pyridine rings is 1. The zero-order valence-corrected chi connectivity index (χ0v) is 17.7. The molecule has 0 unspecified atom stereocenters. The monoisotopic (exact) mass is 423 g/mol. The first kappa shape index (κ1) is 21.3. The van der Waals surface area contributed by atoms with Crippen molar-refractivity contribution >= 4 is 11.8 Å². The minimum atomic E-state index is -0.697. The van der Waals surface area contributed by atoms with Gasteiger partial charge in [0, 0.05) is 45.5 Å². The molecule has 4 rings (SSSR count). The summed E-state index contributed by atoms with van der Waals surface area (Å²) in [5.74, 6) is -0.207. The quantitative estimate of drug-likeness (QED) is 0.768. The molecule has 0 aliphatic carbocycles. The Labute approximate surface area is 181 Å². The molecule has 2 N–H and O–H groups in total. The fourth-order valence-electron chi connectivity index (χ4n) is 4.57. The van der Waals surface area contributed by atoms with Gasteiger partial charge in [-0.1, -0.05) is 30.3 Å². The van der Waals surface area contributed by atoms with Crippen LogP contribution in [-0.2, 0) is 35.5 Å². The Bertz CT molecular complexity index is 1010. The molecule has 1 aromatic heterocycles. The van der Waals surface area contributed by atoms with Gasteiger partial charge in [0.15, 0.2) is 0 Å². The summed E-state index contributed by atoms with van der Waals surface area (Å²) >= 11 is 0. The average molecular weight is 424 g/mol. The number of hydrogen-bond donors (Lipinski definition) is 1. The summed E-state index contributed by atoms with van der Waals surface area (Å²) in [6, 6.07) is 9.89. The van der Waals surface area contributed by atoms with Crippen molar-refractivity contribution in [2.75, 3.05) is 19.8 Å². The van der Waals surface area contributed by atoms with E-state index >= 15 is 0 Å². The zero-order chi connectivity index (χ0) is 21.8. The summed E-state index contributed by atoms with van der Waals surface area (Å²) in [6.45, 7) is 2.80. The van der Waals surface area contributed by atoms with Gasteiger partial charge in [0.1, 0.15) is 5.56 Å². The lowest BCUT2D eigenvalue weighted by Gasteiger charge is -2.32. The Kier molecular flexibility index (Phi) is 6.51. The predicted molar refractivity (Wildman–Crippen MR) is 117 cm³/mol. The van der Waals surface area contributed by atoms with Crippen LogP contribution in [0.2, 0.25) is 0 Å². The number of amides is 2. The number of carbonyl (C=O) groups is 2. The van der Waals surface area contributed by atoms with Crippen molar-refractivity contribution in [2.45, 2.75) is 45.2 Å². The maximum atomic E-state index is 13.0. The molecule has 164 valence electrons. The van der Waals surface area contributed by atoms with Crippen molar-refractivity contribution < 1.29 is 14.3 Å². The first-order chi connectivity index (χ1) is 15.0. The molecule has 0 bridgehead atoms. The van der Waals surface area contributed by atoms with Crippen LogP contribution in [0.4, 0.5) is 0 Å². The lowest BCUT2D eigenvalue weighted by atomic mass is 9.93. The van der Waals surface area contributed by atoms with Crippen LogP contribution in [0, 0.1) is 5.92 Å². The van der Waals surface area contributed by atoms with Crippen molar-refractivity contribution in [1.29, 1.82) is 0 Å². The normalized spacial score (nSPS) is 16.7. The van der Waals surface area contributed by atoms with E-state index in [1.165, 1.54) is 0 Å². The van der Waals surface area contributed by atoms with Crippen molar-refractivity contribution in [3.05, 3.63) is 69.1 Å². The number of nitrogens with zero attached hydrogens (tertiary/aromatic N) is 2. The number of rotatable bonds is 6. The molecule has 2 aliphatic heterocycles. The standard InChI is InChI=1S/C24H29N3O4/c25-23(29)22-20-7-11-26(21(28)14-18-8-12-31-13-9-18)15-19(20)16-27(24(22)30)10-6-17-4-2-1-3-5-17/h1-5,16,18H,6-15H2,(H2,25,29). The molecule has 0 saturated carbocycles. The smallest absolute Gasteiger partial charge is 0.263 e. The van der Waals surface area contributed by atoms with Crippen LogP contribution in [0.1, 0.15) is 46.3 Å². The molecule has 1 fully saturated rings. The first-order valence-corrected chi connectivity index (χ1v) is 11.0. The van der Waals surface area contributed by atoms with Gasteiger partial charge < -0.3 is 19.9 Å². The summed E-state index contributed by atoms with van der Waals surface area (Å²) in [5, 5.41) is 0. The number of primary amides is 1. The molecular weight excluding hydrogens is 394 g/mol. The van der Waals surface area contributed by atoms with Crippen molar-refractivity contribution in [1.82, 2.24) is 9.47 Å². The molecule has 1 saturated heterocycles. The molecule has 3 heterocycles. The van der Waals surface area contributed by atoms with Gasteiger partial charge in [0.25, 0.3) is 11.5 Å². The van der Waals surface area contributed by atoms with E-state index in [-0.39, 0.29) is 17.0 Å². The van der Waals surface area contributed by atoms with Crippen LogP contribution >= 0.6 is 0 Å². The zero-order valence-electron chi connectivity index (χ0n) is 17.7. The molecule has 1 aromatic carbocycles. The number of ether oxygens (including phenoxy) is 1. The Morgan fingerprint density at radius 3 is 2.58 bits per heavy atom. The van der Waals surface area contributed by atoms with Gasteiger partial charge in [-0.05, 0) is 48.3 Å². The maximum absolute atomic E-state index is 13.0. The highest BCUT2D eigenvalue weighted by atomic mass is 16.5. The number of benzene rings is 1. The summed E-state index contributed by atoms with van der Waals surface area (Å²) in [6.07, 6.45) is 5.31. The van der Waals surface area contributed by atoms with Crippen LogP contribution in [-0.4, -0.2) is 41.0 Å². The van der Waals surface area contributed by atoms with Gasteiger partial charge in [-0.25, -0.2) is 0 Å². The Balaban J connectivity index is 1.54. The van der Waals surface area contributed by atoms with Crippen LogP contribution in [0.5, 0.6) is 0 Å². The number of hydrogen-bond acceptors (Lipinski definition) is 4. The minimum Gasteiger partial charge on any atom is -0.381 e. The van der Waals surface area contributed by atoms with E-state index in [2.05, 4.69) is 0 Å². The molecule has 31 heavy (non-hydrogen) atoms. The van der Waals surface area contributed by atoms with Crippen LogP contribution in [0.15, 0.2) is 41.3 Å². The molecule has 7 nitrogen and oxygen atoms in total. The summed E-state index contributed by atoms with van der Waals surface area (Å²) in [4.78, 5) is 39.8. The minimum absolute atomic E-state index is 0.0714. The SMILES string of the molecule is NC(=O)c1c2c(cn(CCc3ccccc3)c1=O)CN(C(=O)CC1CCOCC1)CC2. The van der Waals surface area contributed by atoms with E-state index in [9.17, 15) is 14.4 Å². The van der Waals surface area contributed by atoms with Crippen molar-refractivity contribution in [3.8, 4) is 0 Å². The first-order valence-electron chi connectivity index (χ1n) is 11.0. The number of nitrogens with two attached hydrogens (primary N) is 1. The highest BCUT2D eigenvalue weighted by molar-refractivity contribution is 5.94. The third kappa shape index (κ3) is 4.88. The number of fused-ring (bicyclic) bond motifs is 1. The highest BCUT2D eigenvalue weighted by Gasteiger charge is 2.28. The molecule has 2 amide bonds. The van der Waals surface area contributed by atoms with Crippen molar-refractivity contribution in [2.24, 2.45) is 11.7 Å². The topological polar surface area (TPSA) is 94.6 Å². The molecule has 0 radical (unpaired) electrons. The van der Waals surface area contributed by atoms with Crippen LogP contribution in [0.3, 0.4) is 0 Å². The molecule has 2 aliphatic rings. The Hall–Kier alpha value is -2.93. The van der Waals surface area contributed by atoms with Gasteiger partial charge in [-0.3, -0.25) is 14.4 Å². The third-order valence-corrected chi connectivity index (χ3v) is 6.36. The summed E-state index contributed by atoms with van der Waals surface area (Å²) in [7, 11) is 0. The maximum Gasteiger partial charge on any atom is 0.263 e. The van der Waals surface area contributed by atoms with Gasteiger partial charge >= 0.3 is 0 Å². The lowest BCUT2D eigenvalue weighted by Crippen LogP contribution is -2.41. The van der Waals surface area contributed by atoms with E-state index in [1.54, 1.807) is 10.8 Å². The van der Waals surface area contributed by atoms with Gasteiger partial charge in [-0.2, -0.15) is 0 Å². The Morgan fingerprint density at radius 1 is 1.13 bits per heavy atom. The second-order valence-electron chi connectivity index (χ2n) is 8.43. The van der Waals surface area contributed by atoms with Crippen molar-refractivity contribution in [3.63, 3.8) is 0 Å². The summed E-state index contributed by atoms with van der Waals surface area (Å²) < 4.78 is 6.95. The summed E-state index contributed by atoms with van der Waals surface area (Å²) in [5.41, 5.74) is 7.97. The fraction of sp³-hybridized carbons (Fsp3) is 0.458. The van der Waals surface area contributed by atoms with E-state index < -0.39 is 5.91 Å². The fourth-order valence-corrected chi connectivity index (χ4v) is 4.57. The van der Waals surface area contributed by atoms with Gasteiger partial charge in [0.2, 0.25) is 5.91 Å². The molecule has 2 aromatic rings. The number of carbonyl (C=O) groups excluding carboxylic acids is 2. The van der Waals surface area contributed by atoms with E-state index in [0.717, 1.165) is 37.2 Å². The molecule has 0 atom stereocenters. The average Bonchev–Trinajstić information content (AvgIpc) is 2.78. The van der Waals surface area contributed by atoms with Crippen LogP contribution in [0.25, 0.3) is 0 Å². The third-order valence-electron chi connectivity index (χ3n) is 6.36. The van der Waals surface area contributed by atoms with E-state index in [1.807, 2.05) is 35.2 Å². The van der Waals surface area contributed by atoms with E-state index in [4.69, 9.17) is 10.5 Å². The number of aromatic nitrogens is 1.